The number of nitrogens with one attached hydrogen (secondary N) is 1. The number of nitrogens with zero attached hydrogens (tertiary/aromatic N) is 5. The van der Waals surface area contributed by atoms with E-state index in [1.54, 1.807) is 18.5 Å². The number of rotatable bonds is 3. The van der Waals surface area contributed by atoms with Crippen LogP contribution in [0.1, 0.15) is 19.9 Å². The van der Waals surface area contributed by atoms with Crippen molar-refractivity contribution in [2.75, 3.05) is 38.1 Å². The Kier molecular flexibility index (Phi) is 4.28. The Labute approximate surface area is 145 Å². The molecule has 0 bridgehead atoms. The van der Waals surface area contributed by atoms with Gasteiger partial charge in [-0.3, -0.25) is 23.3 Å². The molecule has 0 unspecified atom stereocenters. The number of hydrogen-bond donors (Lipinski definition) is 1. The molecule has 0 radical (unpaired) electrons. The maximum absolute atomic E-state index is 12.8. The van der Waals surface area contributed by atoms with Gasteiger partial charge in [-0.05, 0) is 13.8 Å². The van der Waals surface area contributed by atoms with Crippen molar-refractivity contribution in [1.82, 2.24) is 18.7 Å². The molecule has 0 aromatic carbocycles. The molecular weight excluding hydrogens is 324 g/mol. The van der Waals surface area contributed by atoms with E-state index >= 15 is 0 Å². The highest BCUT2D eigenvalue weighted by molar-refractivity contribution is 5.84. The molecule has 9 nitrogen and oxygen atoms in total. The number of quaternary nitrogens is 1. The molecule has 25 heavy (non-hydrogen) atoms. The van der Waals surface area contributed by atoms with Gasteiger partial charge in [-0.2, -0.15) is 4.98 Å². The van der Waals surface area contributed by atoms with Gasteiger partial charge in [0, 0.05) is 14.1 Å². The predicted octanol–water partition coefficient (Wildman–Crippen LogP) is -2.08. The maximum atomic E-state index is 12.8. The maximum Gasteiger partial charge on any atom is 0.332 e. The molecule has 9 heteroatoms. The summed E-state index contributed by atoms with van der Waals surface area (Å²) >= 11 is 0. The largest absolute Gasteiger partial charge is 0.334 e. The SMILES string of the molecule is CC(=O)[C@H](C)n1c(N2CC[NH+](C)CC2)nc2c1c(=O)n(C)c(=O)n2C. The van der Waals surface area contributed by atoms with Gasteiger partial charge in [0.25, 0.3) is 5.56 Å². The molecule has 1 fully saturated rings. The van der Waals surface area contributed by atoms with Crippen molar-refractivity contribution in [3.63, 3.8) is 0 Å². The molecule has 2 aromatic heterocycles. The van der Waals surface area contributed by atoms with Gasteiger partial charge >= 0.3 is 5.69 Å². The zero-order valence-electron chi connectivity index (χ0n) is 15.4. The molecular formula is C16H25N6O3+. The highest BCUT2D eigenvalue weighted by Gasteiger charge is 2.29. The molecule has 1 N–H and O–H groups in total. The van der Waals surface area contributed by atoms with Crippen molar-refractivity contribution in [3.8, 4) is 0 Å². The topological polar surface area (TPSA) is 86.6 Å². The first-order valence-electron chi connectivity index (χ1n) is 8.48. The fourth-order valence-electron chi connectivity index (χ4n) is 3.26. The molecule has 2 aromatic rings. The summed E-state index contributed by atoms with van der Waals surface area (Å²) in [6.07, 6.45) is 0. The zero-order valence-corrected chi connectivity index (χ0v) is 15.4. The first-order valence-corrected chi connectivity index (χ1v) is 8.48. The van der Waals surface area contributed by atoms with Crippen LogP contribution in [0.5, 0.6) is 0 Å². The van der Waals surface area contributed by atoms with Crippen molar-refractivity contribution in [2.24, 2.45) is 14.1 Å². The van der Waals surface area contributed by atoms with Crippen LogP contribution in [0.15, 0.2) is 9.59 Å². The number of carbonyl (C=O) groups excluding carboxylic acids is 1. The minimum absolute atomic E-state index is 0.0591. The standard InChI is InChI=1S/C16H24N6O3/c1-10(11(2)23)22-12-13(19(4)16(25)20(5)14(12)24)17-15(22)21-8-6-18(3)7-9-21/h10H,6-9H2,1-5H3/p+1/t10-/m0/s1. The summed E-state index contributed by atoms with van der Waals surface area (Å²) in [4.78, 5) is 45.2. The summed E-state index contributed by atoms with van der Waals surface area (Å²) in [5, 5.41) is 0. The average Bonchev–Trinajstić information content (AvgIpc) is 2.98. The summed E-state index contributed by atoms with van der Waals surface area (Å²) in [6.45, 7) is 6.74. The summed E-state index contributed by atoms with van der Waals surface area (Å²) in [5.41, 5.74) is -0.229. The molecule has 0 spiro atoms. The van der Waals surface area contributed by atoms with Gasteiger partial charge in [-0.25, -0.2) is 4.79 Å². The van der Waals surface area contributed by atoms with Crippen molar-refractivity contribution in [3.05, 3.63) is 20.8 Å². The Morgan fingerprint density at radius 2 is 1.76 bits per heavy atom. The Hall–Kier alpha value is -2.42. The lowest BCUT2D eigenvalue weighted by Crippen LogP contribution is -3.12. The molecule has 1 saturated heterocycles. The quantitative estimate of drug-likeness (QED) is 0.687. The molecule has 0 aliphatic carbocycles. The van der Waals surface area contributed by atoms with Crippen molar-refractivity contribution >= 4 is 22.9 Å². The third-order valence-electron chi connectivity index (χ3n) is 5.15. The van der Waals surface area contributed by atoms with E-state index in [1.165, 1.54) is 23.4 Å². The fraction of sp³-hybridized carbons (Fsp3) is 0.625. The van der Waals surface area contributed by atoms with Gasteiger partial charge in [0.15, 0.2) is 16.9 Å². The number of ketones is 1. The minimum atomic E-state index is -0.530. The first kappa shape index (κ1) is 17.4. The van der Waals surface area contributed by atoms with Gasteiger partial charge in [0.1, 0.15) is 0 Å². The Morgan fingerprint density at radius 1 is 1.16 bits per heavy atom. The van der Waals surface area contributed by atoms with Crippen LogP contribution >= 0.6 is 0 Å². The van der Waals surface area contributed by atoms with E-state index in [0.29, 0.717) is 17.1 Å². The second-order valence-corrected chi connectivity index (χ2v) is 6.89. The van der Waals surface area contributed by atoms with Gasteiger partial charge in [-0.15, -0.1) is 0 Å². The van der Waals surface area contributed by atoms with Gasteiger partial charge < -0.3 is 9.80 Å². The van der Waals surface area contributed by atoms with E-state index in [0.717, 1.165) is 30.7 Å². The number of Topliss-reactive ketones (excluding diaryl/α,β-unsaturated/α-hetero) is 1. The lowest BCUT2D eigenvalue weighted by atomic mass is 10.2. The first-order chi connectivity index (χ1) is 11.7. The van der Waals surface area contributed by atoms with Crippen molar-refractivity contribution in [2.45, 2.75) is 19.9 Å². The molecule has 136 valence electrons. The zero-order chi connectivity index (χ0) is 18.5. The Bertz CT molecular complexity index is 945. The smallest absolute Gasteiger partial charge is 0.332 e. The van der Waals surface area contributed by atoms with Crippen LogP contribution < -0.4 is 21.0 Å². The van der Waals surface area contributed by atoms with Crippen LogP contribution in [0.25, 0.3) is 11.2 Å². The highest BCUT2D eigenvalue weighted by Crippen LogP contribution is 2.25. The van der Waals surface area contributed by atoms with E-state index in [9.17, 15) is 14.4 Å². The molecule has 1 aliphatic rings. The van der Waals surface area contributed by atoms with E-state index < -0.39 is 17.3 Å². The van der Waals surface area contributed by atoms with Gasteiger partial charge in [0.2, 0.25) is 5.95 Å². The van der Waals surface area contributed by atoms with Gasteiger partial charge in [-0.1, -0.05) is 0 Å². The minimum Gasteiger partial charge on any atom is -0.334 e. The summed E-state index contributed by atoms with van der Waals surface area (Å²) in [6, 6.07) is -0.530. The third kappa shape index (κ3) is 2.68. The monoisotopic (exact) mass is 349 g/mol. The van der Waals surface area contributed by atoms with Crippen LogP contribution in [0.3, 0.4) is 0 Å². The van der Waals surface area contributed by atoms with Gasteiger partial charge in [0.05, 0.1) is 39.3 Å². The lowest BCUT2D eigenvalue weighted by Gasteiger charge is -2.31. The average molecular weight is 349 g/mol. The van der Waals surface area contributed by atoms with Crippen LogP contribution in [0.4, 0.5) is 5.95 Å². The molecule has 3 heterocycles. The number of imidazole rings is 1. The number of fused-ring (bicyclic) bond motifs is 1. The van der Waals surface area contributed by atoms with E-state index in [4.69, 9.17) is 0 Å². The number of anilines is 1. The second kappa shape index (κ2) is 6.14. The summed E-state index contributed by atoms with van der Waals surface area (Å²) in [7, 11) is 5.18. The highest BCUT2D eigenvalue weighted by atomic mass is 16.2. The van der Waals surface area contributed by atoms with E-state index in [-0.39, 0.29) is 5.78 Å². The van der Waals surface area contributed by atoms with Crippen LogP contribution in [0, 0.1) is 0 Å². The van der Waals surface area contributed by atoms with Crippen LogP contribution in [0.2, 0.25) is 0 Å². The van der Waals surface area contributed by atoms with Crippen LogP contribution in [-0.4, -0.2) is 57.7 Å². The van der Waals surface area contributed by atoms with E-state index in [2.05, 4.69) is 16.9 Å². The number of aromatic nitrogens is 4. The second-order valence-electron chi connectivity index (χ2n) is 6.89. The van der Waals surface area contributed by atoms with Crippen LogP contribution in [-0.2, 0) is 18.9 Å². The third-order valence-corrected chi connectivity index (χ3v) is 5.15. The molecule has 3 rings (SSSR count). The van der Waals surface area contributed by atoms with E-state index in [1.807, 2.05) is 0 Å². The molecule has 0 amide bonds. The number of carbonyl (C=O) groups is 1. The summed E-state index contributed by atoms with van der Waals surface area (Å²) in [5.74, 6) is 0.528. The number of likely N-dealkylation sites (N-methyl/N-ethyl adjacent to an activating group) is 1. The van der Waals surface area contributed by atoms with Crippen molar-refractivity contribution < 1.29 is 9.69 Å². The predicted molar refractivity (Wildman–Crippen MR) is 94.4 cm³/mol. The molecule has 0 saturated carbocycles. The van der Waals surface area contributed by atoms with Crippen molar-refractivity contribution in [1.29, 1.82) is 0 Å². The lowest BCUT2D eigenvalue weighted by molar-refractivity contribution is -0.880. The number of aryl methyl sites for hydroxylation is 1. The number of hydrogen-bond acceptors (Lipinski definition) is 5. The molecule has 1 aliphatic heterocycles. The summed E-state index contributed by atoms with van der Waals surface area (Å²) < 4.78 is 4.12. The fourth-order valence-corrected chi connectivity index (χ4v) is 3.26. The Balaban J connectivity index is 2.33. The Morgan fingerprint density at radius 3 is 2.32 bits per heavy atom. The molecule has 1 atom stereocenters. The normalized spacial score (nSPS) is 17.2. The number of piperazine rings is 1.